The first-order chi connectivity index (χ1) is 16.3. The summed E-state index contributed by atoms with van der Waals surface area (Å²) < 4.78 is 14.7. The minimum Gasteiger partial charge on any atom is -0.503 e. The summed E-state index contributed by atoms with van der Waals surface area (Å²) in [5, 5.41) is 14.9. The van der Waals surface area contributed by atoms with Gasteiger partial charge in [0.05, 0.1) is 21.3 Å². The van der Waals surface area contributed by atoms with Crippen molar-refractivity contribution < 1.29 is 19.1 Å². The van der Waals surface area contributed by atoms with E-state index in [1.54, 1.807) is 32.4 Å². The second kappa shape index (κ2) is 9.57. The fourth-order valence-electron chi connectivity index (χ4n) is 3.90. The van der Waals surface area contributed by atoms with Gasteiger partial charge in [0.1, 0.15) is 0 Å². The highest BCUT2D eigenvalue weighted by molar-refractivity contribution is 7.81. The van der Waals surface area contributed by atoms with Gasteiger partial charge in [-0.05, 0) is 67.4 Å². The molecule has 174 valence electrons. The minimum absolute atomic E-state index is 0.0173. The molecule has 34 heavy (non-hydrogen) atoms. The third-order valence-electron chi connectivity index (χ3n) is 5.91. The molecule has 7 heteroatoms. The molecule has 0 aliphatic heterocycles. The van der Waals surface area contributed by atoms with Crippen molar-refractivity contribution in [2.45, 2.75) is 13.8 Å². The Morgan fingerprint density at radius 2 is 1.68 bits per heavy atom. The van der Waals surface area contributed by atoms with Crippen LogP contribution in [0.1, 0.15) is 16.7 Å². The van der Waals surface area contributed by atoms with Crippen molar-refractivity contribution in [3.63, 3.8) is 0 Å². The highest BCUT2D eigenvalue weighted by Gasteiger charge is 2.26. The number of hydrogen-bond acceptors (Lipinski definition) is 4. The number of thiocarbonyl (C=S) groups is 1. The Hall–Kier alpha value is -3.84. The average molecular weight is 475 g/mol. The Kier molecular flexibility index (Phi) is 6.56. The first-order valence-electron chi connectivity index (χ1n) is 10.8. The summed E-state index contributed by atoms with van der Waals surface area (Å²) in [4.78, 5) is 0.386. The second-order valence-corrected chi connectivity index (χ2v) is 8.51. The largest absolute Gasteiger partial charge is 0.503 e. The number of aliphatic hydroxyl groups excluding tert-OH is 1. The van der Waals surface area contributed by atoms with Crippen molar-refractivity contribution in [1.29, 1.82) is 0 Å². The number of rotatable bonds is 6. The fraction of sp³-hybridized carbons (Fsp3) is 0.185. The molecule has 0 amide bonds. The maximum Gasteiger partial charge on any atom is 0.249 e. The first kappa shape index (κ1) is 23.3. The summed E-state index contributed by atoms with van der Waals surface area (Å²) in [6.07, 6.45) is 1.91. The van der Waals surface area contributed by atoms with E-state index in [-0.39, 0.29) is 5.76 Å². The molecule has 2 N–H and O–H groups in total. The van der Waals surface area contributed by atoms with Gasteiger partial charge in [-0.1, -0.05) is 30.4 Å². The Bertz CT molecular complexity index is 1420. The molecule has 4 aromatic rings. The zero-order valence-electron chi connectivity index (χ0n) is 19.9. The molecule has 0 saturated heterocycles. The predicted octanol–water partition coefficient (Wildman–Crippen LogP) is 5.42. The lowest BCUT2D eigenvalue weighted by Crippen LogP contribution is -2.26. The molecule has 0 bridgehead atoms. The summed E-state index contributed by atoms with van der Waals surface area (Å²) in [7, 11) is 5.10. The average Bonchev–Trinajstić information content (AvgIpc) is 3.17. The van der Waals surface area contributed by atoms with E-state index < -0.39 is 0 Å². The predicted molar refractivity (Wildman–Crippen MR) is 141 cm³/mol. The van der Waals surface area contributed by atoms with Crippen molar-refractivity contribution in [2.75, 3.05) is 19.5 Å². The maximum absolute atomic E-state index is 11.6. The van der Waals surface area contributed by atoms with Gasteiger partial charge in [0, 0.05) is 11.3 Å². The van der Waals surface area contributed by atoms with Crippen LogP contribution >= 0.6 is 12.2 Å². The summed E-state index contributed by atoms with van der Waals surface area (Å²) in [5.41, 5.74) is 6.13. The molecule has 1 heterocycles. The van der Waals surface area contributed by atoms with Gasteiger partial charge in [-0.25, -0.2) is 4.57 Å². The molecular weight excluding hydrogens is 446 g/mol. The smallest absolute Gasteiger partial charge is 0.249 e. The molecule has 0 atom stereocenters. The Balaban J connectivity index is 1.90. The molecule has 0 radical (unpaired) electrons. The van der Waals surface area contributed by atoms with E-state index in [4.69, 9.17) is 21.7 Å². The molecule has 1 aromatic heterocycles. The number of benzene rings is 3. The van der Waals surface area contributed by atoms with Gasteiger partial charge < -0.3 is 19.9 Å². The van der Waals surface area contributed by atoms with E-state index in [1.807, 2.05) is 65.0 Å². The van der Waals surface area contributed by atoms with Crippen LogP contribution in [-0.4, -0.2) is 28.9 Å². The van der Waals surface area contributed by atoms with Crippen LogP contribution in [0.15, 0.2) is 67.0 Å². The monoisotopic (exact) mass is 474 g/mol. The number of fused-ring (bicyclic) bond motifs is 1. The van der Waals surface area contributed by atoms with Crippen molar-refractivity contribution >= 4 is 45.4 Å². The number of aliphatic hydroxyl groups is 1. The van der Waals surface area contributed by atoms with Crippen LogP contribution in [0.25, 0.3) is 22.5 Å². The number of nitrogens with zero attached hydrogens (tertiary/aromatic N) is 2. The lowest BCUT2D eigenvalue weighted by Gasteiger charge is -2.14. The number of methoxy groups -OCH3 is 2. The van der Waals surface area contributed by atoms with Gasteiger partial charge >= 0.3 is 0 Å². The molecule has 0 saturated carbocycles. The molecular formula is C27H28N3O3S+. The van der Waals surface area contributed by atoms with E-state index in [2.05, 4.69) is 19.2 Å². The van der Waals surface area contributed by atoms with Crippen molar-refractivity contribution in [1.82, 2.24) is 4.57 Å². The first-order valence-corrected chi connectivity index (χ1v) is 11.2. The van der Waals surface area contributed by atoms with Gasteiger partial charge in [-0.2, -0.15) is 4.57 Å². The SMILES string of the molecule is COc1ccc(/C(O)=C(\C(=S)Nc2ccc(C)c(C)c2)n2c[n+](C)c3ccccc32)cc1OC. The number of aryl methyl sites for hydroxylation is 3. The fourth-order valence-corrected chi connectivity index (χ4v) is 4.22. The van der Waals surface area contributed by atoms with E-state index in [0.29, 0.717) is 27.7 Å². The highest BCUT2D eigenvalue weighted by Crippen LogP contribution is 2.32. The number of nitrogens with one attached hydrogen (secondary N) is 1. The number of hydrogen-bond donors (Lipinski definition) is 2. The summed E-state index contributed by atoms with van der Waals surface area (Å²) in [6.45, 7) is 4.12. The molecule has 0 aliphatic carbocycles. The topological polar surface area (TPSA) is 59.5 Å². The van der Waals surface area contributed by atoms with Gasteiger partial charge in [-0.15, -0.1) is 0 Å². The van der Waals surface area contributed by atoms with E-state index in [9.17, 15) is 5.11 Å². The van der Waals surface area contributed by atoms with Gasteiger partial charge in [-0.3, -0.25) is 0 Å². The quantitative estimate of drug-likeness (QED) is 0.169. The molecule has 0 aliphatic rings. The van der Waals surface area contributed by atoms with Crippen molar-refractivity contribution in [3.8, 4) is 11.5 Å². The van der Waals surface area contributed by atoms with Crippen LogP contribution in [-0.2, 0) is 7.05 Å². The number of ether oxygens (including phenoxy) is 2. The van der Waals surface area contributed by atoms with Gasteiger partial charge in [0.2, 0.25) is 12.0 Å². The zero-order valence-corrected chi connectivity index (χ0v) is 20.7. The minimum atomic E-state index is 0.0173. The molecule has 6 nitrogen and oxygen atoms in total. The van der Waals surface area contributed by atoms with Crippen LogP contribution in [0.4, 0.5) is 5.69 Å². The van der Waals surface area contributed by atoms with E-state index >= 15 is 0 Å². The lowest BCUT2D eigenvalue weighted by molar-refractivity contribution is -0.645. The standard InChI is InChI=1S/C27H27N3O3S/c1-17-10-12-20(14-18(17)2)28-27(34)25(30-16-29(3)21-8-6-7-9-22(21)30)26(31)19-11-13-23(32-4)24(15-19)33-5/h6-16H,1-5H3,(H-,28,31,34)/p+1. The summed E-state index contributed by atoms with van der Waals surface area (Å²) in [6, 6.07) is 19.3. The Morgan fingerprint density at radius 1 is 0.941 bits per heavy atom. The second-order valence-electron chi connectivity index (χ2n) is 8.11. The Morgan fingerprint density at radius 3 is 2.38 bits per heavy atom. The van der Waals surface area contributed by atoms with Crippen molar-refractivity contribution in [3.05, 3.63) is 83.7 Å². The third-order valence-corrected chi connectivity index (χ3v) is 6.21. The van der Waals surface area contributed by atoms with Crippen LogP contribution < -0.4 is 19.4 Å². The molecule has 0 unspecified atom stereocenters. The number of imidazole rings is 1. The number of anilines is 1. The van der Waals surface area contributed by atoms with Crippen LogP contribution in [0.5, 0.6) is 11.5 Å². The van der Waals surface area contributed by atoms with Gasteiger partial charge in [0.25, 0.3) is 0 Å². The van der Waals surface area contributed by atoms with Crippen LogP contribution in [0.3, 0.4) is 0 Å². The zero-order chi connectivity index (χ0) is 24.4. The molecule has 0 spiro atoms. The van der Waals surface area contributed by atoms with Gasteiger partial charge in [0.15, 0.2) is 33.3 Å². The maximum atomic E-state index is 11.6. The normalized spacial score (nSPS) is 11.8. The summed E-state index contributed by atoms with van der Waals surface area (Å²) in [5.74, 6) is 1.11. The molecule has 3 aromatic carbocycles. The summed E-state index contributed by atoms with van der Waals surface area (Å²) >= 11 is 5.86. The molecule has 0 fully saturated rings. The highest BCUT2D eigenvalue weighted by atomic mass is 32.1. The van der Waals surface area contributed by atoms with E-state index in [1.165, 1.54) is 5.56 Å². The lowest BCUT2D eigenvalue weighted by atomic mass is 10.1. The molecule has 4 rings (SSSR count). The van der Waals surface area contributed by atoms with Crippen molar-refractivity contribution in [2.24, 2.45) is 7.05 Å². The van der Waals surface area contributed by atoms with Crippen LogP contribution in [0, 0.1) is 13.8 Å². The van der Waals surface area contributed by atoms with Crippen LogP contribution in [0.2, 0.25) is 0 Å². The number of aromatic nitrogens is 2. The Labute approximate surface area is 204 Å². The number of para-hydroxylation sites is 2. The third kappa shape index (κ3) is 4.34. The van der Waals surface area contributed by atoms with E-state index in [0.717, 1.165) is 22.3 Å².